The van der Waals surface area contributed by atoms with Crippen LogP contribution in [0.5, 0.6) is 5.75 Å². The van der Waals surface area contributed by atoms with Crippen LogP contribution in [-0.2, 0) is 0 Å². The second-order valence-corrected chi connectivity index (χ2v) is 7.05. The van der Waals surface area contributed by atoms with E-state index in [2.05, 4.69) is 28.1 Å². The Hall–Kier alpha value is -2.91. The minimum atomic E-state index is -0.0466. The van der Waals surface area contributed by atoms with Crippen molar-refractivity contribution in [2.24, 2.45) is 0 Å². The van der Waals surface area contributed by atoms with Crippen LogP contribution < -0.4 is 4.74 Å². The van der Waals surface area contributed by atoms with Gasteiger partial charge in [-0.3, -0.25) is 4.79 Å². The number of hydrogen-bond acceptors (Lipinski definition) is 2. The summed E-state index contributed by atoms with van der Waals surface area (Å²) in [6.07, 6.45) is 0. The molecule has 0 aliphatic rings. The maximum atomic E-state index is 12.5. The summed E-state index contributed by atoms with van der Waals surface area (Å²) < 4.78 is 6.65. The molecule has 2 nitrogen and oxygen atoms in total. The summed E-state index contributed by atoms with van der Waals surface area (Å²) >= 11 is 3.59. The Morgan fingerprint density at radius 3 is 2.19 bits per heavy atom. The summed E-state index contributed by atoms with van der Waals surface area (Å²) in [6, 6.07) is 29.7. The third-order valence-electron chi connectivity index (χ3n) is 4.50. The Morgan fingerprint density at radius 2 is 1.41 bits per heavy atom. The third-order valence-corrected chi connectivity index (χ3v) is 5.32. The Bertz CT molecular complexity index is 1090. The van der Waals surface area contributed by atoms with E-state index >= 15 is 0 Å². The first-order valence-electron chi connectivity index (χ1n) is 8.71. The van der Waals surface area contributed by atoms with E-state index in [0.29, 0.717) is 11.3 Å². The highest BCUT2D eigenvalue weighted by Crippen LogP contribution is 2.33. The van der Waals surface area contributed by atoms with E-state index in [1.165, 1.54) is 0 Å². The van der Waals surface area contributed by atoms with E-state index in [1.54, 1.807) is 0 Å². The van der Waals surface area contributed by atoms with Crippen molar-refractivity contribution in [1.29, 1.82) is 0 Å². The number of ether oxygens (including phenoxy) is 1. The first-order valence-corrected chi connectivity index (χ1v) is 9.50. The number of hydrogen-bond donors (Lipinski definition) is 0. The van der Waals surface area contributed by atoms with E-state index in [4.69, 9.17) is 4.74 Å². The maximum absolute atomic E-state index is 12.5. The van der Waals surface area contributed by atoms with Gasteiger partial charge in [-0.2, -0.15) is 0 Å². The average Bonchev–Trinajstić information content (AvgIpc) is 2.74. The number of benzene rings is 4. The van der Waals surface area contributed by atoms with E-state index in [9.17, 15) is 4.79 Å². The molecular formula is C24H17BrO2. The lowest BCUT2D eigenvalue weighted by Crippen LogP contribution is -2.11. The molecule has 0 amide bonds. The first-order chi connectivity index (χ1) is 13.2. The van der Waals surface area contributed by atoms with Crippen molar-refractivity contribution in [3.05, 3.63) is 101 Å². The summed E-state index contributed by atoms with van der Waals surface area (Å²) in [6.45, 7) is 0.00161. The standard InChI is InChI=1S/C24H17BrO2/c25-24-21-9-5-4-8-19(21)14-15-23(24)27-16-22(26)20-12-10-18(11-13-20)17-6-2-1-3-7-17/h1-15H,16H2. The van der Waals surface area contributed by atoms with E-state index in [1.807, 2.05) is 78.9 Å². The summed E-state index contributed by atoms with van der Waals surface area (Å²) in [7, 11) is 0. The molecule has 0 spiro atoms. The lowest BCUT2D eigenvalue weighted by molar-refractivity contribution is 0.0921. The van der Waals surface area contributed by atoms with E-state index in [0.717, 1.165) is 26.4 Å². The highest BCUT2D eigenvalue weighted by atomic mass is 79.9. The SMILES string of the molecule is O=C(COc1ccc2ccccc2c1Br)c1ccc(-c2ccccc2)cc1. The van der Waals surface area contributed by atoms with Crippen LogP contribution in [0.1, 0.15) is 10.4 Å². The molecule has 27 heavy (non-hydrogen) atoms. The van der Waals surface area contributed by atoms with Gasteiger partial charge >= 0.3 is 0 Å². The molecular weight excluding hydrogens is 400 g/mol. The van der Waals surface area contributed by atoms with Crippen LogP contribution in [0.15, 0.2) is 95.5 Å². The largest absolute Gasteiger partial charge is 0.484 e. The van der Waals surface area contributed by atoms with Crippen molar-refractivity contribution in [3.63, 3.8) is 0 Å². The van der Waals surface area contributed by atoms with Gasteiger partial charge in [-0.05, 0) is 43.9 Å². The molecule has 0 aliphatic carbocycles. The van der Waals surface area contributed by atoms with Gasteiger partial charge in [0, 0.05) is 5.56 Å². The van der Waals surface area contributed by atoms with E-state index < -0.39 is 0 Å². The smallest absolute Gasteiger partial charge is 0.200 e. The Kier molecular flexibility index (Phi) is 5.03. The number of carbonyl (C=O) groups is 1. The molecule has 0 radical (unpaired) electrons. The van der Waals surface area contributed by atoms with Gasteiger partial charge in [-0.25, -0.2) is 0 Å². The van der Waals surface area contributed by atoms with Crippen LogP contribution in [0.3, 0.4) is 0 Å². The Labute approximate surface area is 166 Å². The van der Waals surface area contributed by atoms with Crippen LogP contribution in [0.2, 0.25) is 0 Å². The zero-order chi connectivity index (χ0) is 18.6. The number of carbonyl (C=O) groups excluding carboxylic acids is 1. The summed E-state index contributed by atoms with van der Waals surface area (Å²) in [5.74, 6) is 0.623. The molecule has 132 valence electrons. The third kappa shape index (κ3) is 3.79. The molecule has 0 saturated carbocycles. The Morgan fingerprint density at radius 1 is 0.741 bits per heavy atom. The van der Waals surface area contributed by atoms with Crippen LogP contribution in [0.25, 0.3) is 21.9 Å². The molecule has 0 fully saturated rings. The molecule has 0 unspecified atom stereocenters. The monoisotopic (exact) mass is 416 g/mol. The quantitative estimate of drug-likeness (QED) is 0.345. The van der Waals surface area contributed by atoms with Crippen molar-refractivity contribution in [2.45, 2.75) is 0 Å². The number of halogens is 1. The molecule has 4 aromatic rings. The molecule has 0 bridgehead atoms. The van der Waals surface area contributed by atoms with Crippen LogP contribution >= 0.6 is 15.9 Å². The van der Waals surface area contributed by atoms with Crippen molar-refractivity contribution in [3.8, 4) is 16.9 Å². The zero-order valence-corrected chi connectivity index (χ0v) is 16.1. The van der Waals surface area contributed by atoms with Gasteiger partial charge in [0.2, 0.25) is 0 Å². The number of fused-ring (bicyclic) bond motifs is 1. The van der Waals surface area contributed by atoms with Gasteiger partial charge in [-0.1, -0.05) is 84.9 Å². The molecule has 0 saturated heterocycles. The number of Topliss-reactive ketones (excluding diaryl/α,β-unsaturated/α-hetero) is 1. The lowest BCUT2D eigenvalue weighted by atomic mass is 10.0. The highest BCUT2D eigenvalue weighted by molar-refractivity contribution is 9.10. The zero-order valence-electron chi connectivity index (χ0n) is 14.6. The van der Waals surface area contributed by atoms with Crippen molar-refractivity contribution < 1.29 is 9.53 Å². The molecule has 3 heteroatoms. The topological polar surface area (TPSA) is 26.3 Å². The first kappa shape index (κ1) is 17.5. The minimum absolute atomic E-state index is 0.00161. The predicted octanol–water partition coefficient (Wildman–Crippen LogP) is 6.53. The second kappa shape index (κ2) is 7.77. The summed E-state index contributed by atoms with van der Waals surface area (Å²) in [5.41, 5.74) is 2.87. The molecule has 0 aliphatic heterocycles. The van der Waals surface area contributed by atoms with Crippen LogP contribution in [-0.4, -0.2) is 12.4 Å². The van der Waals surface area contributed by atoms with Gasteiger partial charge < -0.3 is 4.74 Å². The van der Waals surface area contributed by atoms with Crippen molar-refractivity contribution in [2.75, 3.05) is 6.61 Å². The van der Waals surface area contributed by atoms with Gasteiger partial charge in [-0.15, -0.1) is 0 Å². The fourth-order valence-electron chi connectivity index (χ4n) is 3.03. The molecule has 0 atom stereocenters. The second-order valence-electron chi connectivity index (χ2n) is 6.25. The fourth-order valence-corrected chi connectivity index (χ4v) is 3.64. The number of ketones is 1. The molecule has 0 N–H and O–H groups in total. The highest BCUT2D eigenvalue weighted by Gasteiger charge is 2.10. The van der Waals surface area contributed by atoms with Crippen LogP contribution in [0.4, 0.5) is 0 Å². The average molecular weight is 417 g/mol. The van der Waals surface area contributed by atoms with Gasteiger partial charge in [0.05, 0.1) is 4.47 Å². The minimum Gasteiger partial charge on any atom is -0.484 e. The lowest BCUT2D eigenvalue weighted by Gasteiger charge is -2.10. The Balaban J connectivity index is 1.47. The number of rotatable bonds is 5. The summed E-state index contributed by atoms with van der Waals surface area (Å²) in [5, 5.41) is 2.19. The predicted molar refractivity (Wildman–Crippen MR) is 113 cm³/mol. The fraction of sp³-hybridized carbons (Fsp3) is 0.0417. The van der Waals surface area contributed by atoms with Gasteiger partial charge in [0.25, 0.3) is 0 Å². The maximum Gasteiger partial charge on any atom is 0.200 e. The summed E-state index contributed by atoms with van der Waals surface area (Å²) in [4.78, 5) is 12.5. The van der Waals surface area contributed by atoms with Gasteiger partial charge in [0.15, 0.2) is 12.4 Å². The van der Waals surface area contributed by atoms with Crippen molar-refractivity contribution in [1.82, 2.24) is 0 Å². The van der Waals surface area contributed by atoms with Crippen LogP contribution in [0, 0.1) is 0 Å². The molecule has 4 aromatic carbocycles. The van der Waals surface area contributed by atoms with Crippen molar-refractivity contribution >= 4 is 32.5 Å². The molecule has 0 heterocycles. The normalized spacial score (nSPS) is 10.7. The van der Waals surface area contributed by atoms with E-state index in [-0.39, 0.29) is 12.4 Å². The van der Waals surface area contributed by atoms with Gasteiger partial charge in [0.1, 0.15) is 5.75 Å². The molecule has 4 rings (SSSR count). The molecule has 0 aromatic heterocycles.